The van der Waals surface area contributed by atoms with Crippen LogP contribution in [-0.4, -0.2) is 35.7 Å². The summed E-state index contributed by atoms with van der Waals surface area (Å²) < 4.78 is 11.7. The third-order valence-electron chi connectivity index (χ3n) is 6.17. The van der Waals surface area contributed by atoms with Crippen molar-refractivity contribution in [1.82, 2.24) is 4.98 Å². The van der Waals surface area contributed by atoms with Crippen molar-refractivity contribution in [3.63, 3.8) is 0 Å². The Hall–Kier alpha value is -4.17. The van der Waals surface area contributed by atoms with Crippen LogP contribution in [0.1, 0.15) is 25.0 Å². The predicted octanol–water partition coefficient (Wildman–Crippen LogP) is 6.57. The number of hydrogen-bond donors (Lipinski definition) is 2. The number of nitrogens with zero attached hydrogens (tertiary/aromatic N) is 3. The number of nitrogens with one attached hydrogen (secondary N) is 1. The molecule has 3 aromatic carbocycles. The van der Waals surface area contributed by atoms with Gasteiger partial charge in [0.2, 0.25) is 0 Å². The summed E-state index contributed by atoms with van der Waals surface area (Å²) in [5.41, 5.74) is 2.79. The molecule has 0 amide bonds. The maximum Gasteiger partial charge on any atom is 0.141 e. The molecule has 2 heterocycles. The molecule has 1 aliphatic rings. The fraction of sp³-hybridized carbons (Fsp3) is 0.200. The summed E-state index contributed by atoms with van der Waals surface area (Å²) in [5.74, 6) is 3.43. The maximum atomic E-state index is 9.70. The van der Waals surface area contributed by atoms with Crippen LogP contribution in [0.5, 0.6) is 17.2 Å². The van der Waals surface area contributed by atoms with Crippen molar-refractivity contribution in [2.75, 3.05) is 24.0 Å². The molecule has 1 aromatic heterocycles. The molecule has 0 spiro atoms. The van der Waals surface area contributed by atoms with Crippen molar-refractivity contribution in [1.29, 1.82) is 0 Å². The quantitative estimate of drug-likeness (QED) is 0.269. The highest BCUT2D eigenvalue weighted by atomic mass is 32.2. The molecule has 0 saturated carbocycles. The van der Waals surface area contributed by atoms with E-state index in [-0.39, 0.29) is 11.8 Å². The second-order valence-corrected chi connectivity index (χ2v) is 10.2. The minimum Gasteiger partial charge on any atom is -0.508 e. The van der Waals surface area contributed by atoms with Crippen molar-refractivity contribution in [3.05, 3.63) is 96.2 Å². The van der Waals surface area contributed by atoms with Crippen LogP contribution in [0.2, 0.25) is 0 Å². The fourth-order valence-corrected chi connectivity index (χ4v) is 5.04. The van der Waals surface area contributed by atoms with Crippen LogP contribution in [0.3, 0.4) is 0 Å². The number of phenolic OH excluding ortho intramolecular Hbond substituents is 1. The van der Waals surface area contributed by atoms with Gasteiger partial charge in [-0.3, -0.25) is 0 Å². The van der Waals surface area contributed by atoms with E-state index in [1.54, 1.807) is 31.0 Å². The number of ether oxygens (including phenoxy) is 2. The highest BCUT2D eigenvalue weighted by Crippen LogP contribution is 2.37. The van der Waals surface area contributed by atoms with Gasteiger partial charge in [-0.15, -0.1) is 0 Å². The highest BCUT2D eigenvalue weighted by Gasteiger charge is 2.24. The molecule has 2 N–H and O–H groups in total. The average molecular weight is 527 g/mol. The van der Waals surface area contributed by atoms with E-state index in [4.69, 9.17) is 14.5 Å². The molecule has 0 bridgehead atoms. The van der Waals surface area contributed by atoms with Crippen LogP contribution < -0.4 is 19.7 Å². The van der Waals surface area contributed by atoms with Crippen molar-refractivity contribution in [2.45, 2.75) is 36.3 Å². The van der Waals surface area contributed by atoms with Crippen LogP contribution in [0.15, 0.2) is 99.8 Å². The first-order valence-electron chi connectivity index (χ1n) is 12.4. The molecule has 5 rings (SSSR count). The fourth-order valence-electron chi connectivity index (χ4n) is 4.16. The van der Waals surface area contributed by atoms with E-state index in [1.165, 1.54) is 0 Å². The SMILES string of the molecule is COc1ccccc1COc1ccc(Sc2ccc(O)cc2)c(NC2=NCN(C(C)C)c3ncccc32)c1. The normalized spacial score (nSPS) is 12.6. The van der Waals surface area contributed by atoms with Crippen LogP contribution in [0, 0.1) is 0 Å². The summed E-state index contributed by atoms with van der Waals surface area (Å²) >= 11 is 1.60. The molecular formula is C30H30N4O3S. The second-order valence-electron chi connectivity index (χ2n) is 9.07. The molecule has 0 atom stereocenters. The molecule has 0 unspecified atom stereocenters. The first-order valence-corrected chi connectivity index (χ1v) is 13.2. The molecule has 0 saturated heterocycles. The Morgan fingerprint density at radius 3 is 2.63 bits per heavy atom. The highest BCUT2D eigenvalue weighted by molar-refractivity contribution is 7.99. The average Bonchev–Trinajstić information content (AvgIpc) is 2.94. The van der Waals surface area contributed by atoms with Crippen LogP contribution in [0.25, 0.3) is 0 Å². The monoisotopic (exact) mass is 526 g/mol. The van der Waals surface area contributed by atoms with Crippen molar-refractivity contribution in [3.8, 4) is 17.2 Å². The minimum atomic E-state index is 0.239. The van der Waals surface area contributed by atoms with Crippen LogP contribution in [-0.2, 0) is 6.61 Å². The van der Waals surface area contributed by atoms with Gasteiger partial charge in [0.15, 0.2) is 0 Å². The summed E-state index contributed by atoms with van der Waals surface area (Å²) in [5, 5.41) is 13.3. The largest absolute Gasteiger partial charge is 0.508 e. The first kappa shape index (κ1) is 25.5. The molecule has 4 aromatic rings. The number of pyridine rings is 1. The number of anilines is 2. The van der Waals surface area contributed by atoms with Gasteiger partial charge >= 0.3 is 0 Å². The number of hydrogen-bond acceptors (Lipinski definition) is 8. The Balaban J connectivity index is 1.46. The third-order valence-corrected chi connectivity index (χ3v) is 7.26. The Morgan fingerprint density at radius 1 is 1.03 bits per heavy atom. The van der Waals surface area contributed by atoms with E-state index in [1.807, 2.05) is 72.9 Å². The number of para-hydroxylation sites is 1. The van der Waals surface area contributed by atoms with Crippen molar-refractivity contribution in [2.24, 2.45) is 4.99 Å². The zero-order valence-electron chi connectivity index (χ0n) is 21.6. The van der Waals surface area contributed by atoms with Gasteiger partial charge in [0.25, 0.3) is 0 Å². The van der Waals surface area contributed by atoms with Crippen molar-refractivity contribution < 1.29 is 14.6 Å². The Bertz CT molecular complexity index is 1440. The van der Waals surface area contributed by atoms with Gasteiger partial charge in [-0.1, -0.05) is 30.0 Å². The number of aromatic hydroxyl groups is 1. The lowest BCUT2D eigenvalue weighted by atomic mass is 10.1. The number of amidine groups is 1. The Kier molecular flexibility index (Phi) is 7.70. The van der Waals surface area contributed by atoms with Crippen molar-refractivity contribution >= 4 is 29.1 Å². The van der Waals surface area contributed by atoms with E-state index in [0.29, 0.717) is 13.3 Å². The zero-order chi connectivity index (χ0) is 26.5. The number of aliphatic imine (C=N–C) groups is 1. The van der Waals surface area contributed by atoms with Gasteiger partial charge < -0.3 is 24.8 Å². The lowest BCUT2D eigenvalue weighted by molar-refractivity contribution is 0.296. The molecule has 1 aliphatic heterocycles. The molecular weight excluding hydrogens is 496 g/mol. The Labute approximate surface area is 227 Å². The molecule has 8 heteroatoms. The number of fused-ring (bicyclic) bond motifs is 1. The molecule has 0 fully saturated rings. The van der Waals surface area contributed by atoms with Gasteiger partial charge in [0.1, 0.15) is 42.2 Å². The number of phenols is 1. The van der Waals surface area contributed by atoms with E-state index >= 15 is 0 Å². The second kappa shape index (κ2) is 11.5. The minimum absolute atomic E-state index is 0.239. The molecule has 38 heavy (non-hydrogen) atoms. The lowest BCUT2D eigenvalue weighted by Crippen LogP contribution is -2.37. The van der Waals surface area contributed by atoms with E-state index in [9.17, 15) is 5.11 Å². The standard InChI is InChI=1S/C30H30N4O3S/c1-20(2)34-19-32-29(25-8-6-16-31-30(25)34)33-26-17-23(37-18-21-7-4-5-9-27(21)36-3)12-15-28(26)38-24-13-10-22(35)11-14-24/h4-17,20,35H,18-19H2,1-3H3,(H,32,33). The molecule has 0 radical (unpaired) electrons. The van der Waals surface area contributed by atoms with E-state index < -0.39 is 0 Å². The van der Waals surface area contributed by atoms with Gasteiger partial charge in [0, 0.05) is 33.7 Å². The van der Waals surface area contributed by atoms with Crippen LogP contribution in [0.4, 0.5) is 11.5 Å². The zero-order valence-corrected chi connectivity index (χ0v) is 22.4. The predicted molar refractivity (Wildman–Crippen MR) is 153 cm³/mol. The Morgan fingerprint density at radius 2 is 1.84 bits per heavy atom. The summed E-state index contributed by atoms with van der Waals surface area (Å²) in [4.78, 5) is 13.7. The lowest BCUT2D eigenvalue weighted by Gasteiger charge is -2.32. The summed E-state index contributed by atoms with van der Waals surface area (Å²) in [6.07, 6.45) is 1.82. The number of rotatable bonds is 8. The van der Waals surface area contributed by atoms with Gasteiger partial charge in [0.05, 0.1) is 18.4 Å². The number of methoxy groups -OCH3 is 1. The first-order chi connectivity index (χ1) is 18.5. The molecule has 0 aliphatic carbocycles. The molecule has 194 valence electrons. The van der Waals surface area contributed by atoms with Gasteiger partial charge in [-0.2, -0.15) is 0 Å². The van der Waals surface area contributed by atoms with Crippen LogP contribution >= 0.6 is 11.8 Å². The van der Waals surface area contributed by atoms with Gasteiger partial charge in [-0.05, 0) is 68.4 Å². The van der Waals surface area contributed by atoms with Gasteiger partial charge in [-0.25, -0.2) is 9.98 Å². The maximum absolute atomic E-state index is 9.70. The summed E-state index contributed by atoms with van der Waals surface area (Å²) in [6.45, 7) is 5.18. The topological polar surface area (TPSA) is 79.2 Å². The smallest absolute Gasteiger partial charge is 0.141 e. The number of aromatic nitrogens is 1. The van der Waals surface area contributed by atoms with E-state index in [2.05, 4.69) is 29.0 Å². The third kappa shape index (κ3) is 5.70. The number of benzene rings is 3. The summed E-state index contributed by atoms with van der Waals surface area (Å²) in [7, 11) is 1.66. The summed E-state index contributed by atoms with van der Waals surface area (Å²) in [6, 6.07) is 25.2. The molecule has 7 nitrogen and oxygen atoms in total. The van der Waals surface area contributed by atoms with E-state index in [0.717, 1.165) is 49.8 Å².